The summed E-state index contributed by atoms with van der Waals surface area (Å²) in [5.74, 6) is 0.493. The van der Waals surface area contributed by atoms with Crippen LogP contribution in [0.15, 0.2) is 48.5 Å². The van der Waals surface area contributed by atoms with Crippen molar-refractivity contribution in [1.82, 2.24) is 4.98 Å². The van der Waals surface area contributed by atoms with Crippen LogP contribution in [0.5, 0.6) is 5.75 Å². The molecule has 112 valence electrons. The number of fused-ring (bicyclic) bond motifs is 1. The average molecular weight is 297 g/mol. The lowest BCUT2D eigenvalue weighted by Gasteiger charge is -2.03. The maximum Gasteiger partial charge on any atom is 0.179 e. The minimum Gasteiger partial charge on any atom is -0.497 e. The summed E-state index contributed by atoms with van der Waals surface area (Å²) in [6.07, 6.45) is 1.03. The molecule has 0 aliphatic carbocycles. The first-order valence-corrected chi connectivity index (χ1v) is 7.10. The van der Waals surface area contributed by atoms with Crippen LogP contribution in [0.2, 0.25) is 0 Å². The maximum absolute atomic E-state index is 13.2. The molecule has 0 unspecified atom stereocenters. The molecule has 0 bridgehead atoms. The predicted octanol–water partition coefficient (Wildman–Crippen LogP) is 4.13. The van der Waals surface area contributed by atoms with Gasteiger partial charge in [-0.15, -0.1) is 0 Å². The topological polar surface area (TPSA) is 42.1 Å². The first-order chi connectivity index (χ1) is 10.7. The highest BCUT2D eigenvalue weighted by atomic mass is 19.1. The van der Waals surface area contributed by atoms with Crippen molar-refractivity contribution in [3.8, 4) is 5.75 Å². The molecule has 3 aromatic rings. The van der Waals surface area contributed by atoms with Gasteiger partial charge in [-0.2, -0.15) is 0 Å². The van der Waals surface area contributed by atoms with Gasteiger partial charge in [-0.3, -0.25) is 4.79 Å². The largest absolute Gasteiger partial charge is 0.497 e. The van der Waals surface area contributed by atoms with E-state index in [2.05, 4.69) is 4.98 Å². The summed E-state index contributed by atoms with van der Waals surface area (Å²) in [5.41, 5.74) is 2.34. The summed E-state index contributed by atoms with van der Waals surface area (Å²) in [6.45, 7) is 0. The molecule has 22 heavy (non-hydrogen) atoms. The second kappa shape index (κ2) is 6.02. The summed E-state index contributed by atoms with van der Waals surface area (Å²) >= 11 is 0. The van der Waals surface area contributed by atoms with Crippen molar-refractivity contribution in [2.24, 2.45) is 0 Å². The Labute approximate surface area is 127 Å². The molecule has 0 aliphatic rings. The van der Waals surface area contributed by atoms with Crippen LogP contribution in [0.25, 0.3) is 10.9 Å². The number of methoxy groups -OCH3 is 1. The molecule has 1 heterocycles. The Hall–Kier alpha value is -2.62. The van der Waals surface area contributed by atoms with E-state index in [1.54, 1.807) is 19.2 Å². The summed E-state index contributed by atoms with van der Waals surface area (Å²) in [6, 6.07) is 13.8. The highest BCUT2D eigenvalue weighted by Gasteiger charge is 2.10. The van der Waals surface area contributed by atoms with Crippen molar-refractivity contribution in [2.75, 3.05) is 7.11 Å². The second-order valence-electron chi connectivity index (χ2n) is 5.19. The molecule has 3 nitrogen and oxygen atoms in total. The molecule has 0 saturated carbocycles. The van der Waals surface area contributed by atoms with Gasteiger partial charge in [-0.25, -0.2) is 4.39 Å². The van der Waals surface area contributed by atoms with Crippen molar-refractivity contribution in [2.45, 2.75) is 12.8 Å². The van der Waals surface area contributed by atoms with Gasteiger partial charge in [0, 0.05) is 17.3 Å². The fourth-order valence-corrected chi connectivity index (χ4v) is 2.47. The number of ether oxygens (including phenoxy) is 1. The Kier molecular flexibility index (Phi) is 3.92. The summed E-state index contributed by atoms with van der Waals surface area (Å²) in [5, 5.41) is 0.713. The normalized spacial score (nSPS) is 10.8. The average Bonchev–Trinajstić information content (AvgIpc) is 2.96. The predicted molar refractivity (Wildman–Crippen MR) is 83.9 cm³/mol. The summed E-state index contributed by atoms with van der Waals surface area (Å²) < 4.78 is 18.3. The van der Waals surface area contributed by atoms with Gasteiger partial charge in [-0.05, 0) is 48.4 Å². The third kappa shape index (κ3) is 3.01. The number of Topliss-reactive ketones (excluding diaryl/α,β-unsaturated/α-hetero) is 1. The number of halogens is 1. The Morgan fingerprint density at radius 3 is 2.86 bits per heavy atom. The van der Waals surface area contributed by atoms with Gasteiger partial charge >= 0.3 is 0 Å². The quantitative estimate of drug-likeness (QED) is 0.719. The molecule has 0 radical (unpaired) electrons. The van der Waals surface area contributed by atoms with Gasteiger partial charge in [0.25, 0.3) is 0 Å². The van der Waals surface area contributed by atoms with E-state index in [0.29, 0.717) is 23.9 Å². The number of hydrogen-bond acceptors (Lipinski definition) is 2. The van der Waals surface area contributed by atoms with Crippen LogP contribution in [0.4, 0.5) is 4.39 Å². The minimum absolute atomic E-state index is 0.0134. The van der Waals surface area contributed by atoms with E-state index in [1.807, 2.05) is 24.3 Å². The van der Waals surface area contributed by atoms with Crippen LogP contribution in [0.1, 0.15) is 22.5 Å². The van der Waals surface area contributed by atoms with Crippen LogP contribution in [0.3, 0.4) is 0 Å². The van der Waals surface area contributed by atoms with E-state index in [9.17, 15) is 9.18 Å². The van der Waals surface area contributed by atoms with E-state index in [-0.39, 0.29) is 11.6 Å². The molecule has 2 aromatic carbocycles. The molecule has 1 N–H and O–H groups in total. The van der Waals surface area contributed by atoms with Gasteiger partial charge < -0.3 is 9.72 Å². The monoisotopic (exact) mass is 297 g/mol. The molecular formula is C18H16FNO2. The summed E-state index contributed by atoms with van der Waals surface area (Å²) in [4.78, 5) is 15.3. The molecule has 1 aromatic heterocycles. The van der Waals surface area contributed by atoms with E-state index in [4.69, 9.17) is 4.74 Å². The molecule has 0 saturated heterocycles. The molecule has 4 heteroatoms. The Morgan fingerprint density at radius 2 is 2.05 bits per heavy atom. The van der Waals surface area contributed by atoms with Crippen LogP contribution in [0, 0.1) is 5.82 Å². The molecule has 0 amide bonds. The molecule has 0 atom stereocenters. The molecule has 3 rings (SSSR count). The SMILES string of the molecule is COc1cccc(CCC(=O)c2cc3cc(F)ccc3[nH]2)c1. The van der Waals surface area contributed by atoms with Crippen LogP contribution < -0.4 is 4.74 Å². The van der Waals surface area contributed by atoms with Crippen molar-refractivity contribution < 1.29 is 13.9 Å². The number of aromatic amines is 1. The zero-order valence-electron chi connectivity index (χ0n) is 12.2. The number of benzene rings is 2. The third-order valence-corrected chi connectivity index (χ3v) is 3.66. The number of ketones is 1. The minimum atomic E-state index is -0.304. The lowest BCUT2D eigenvalue weighted by molar-refractivity contribution is 0.0979. The highest BCUT2D eigenvalue weighted by molar-refractivity contribution is 5.99. The van der Waals surface area contributed by atoms with Gasteiger partial charge in [0.05, 0.1) is 12.8 Å². The number of hydrogen-bond donors (Lipinski definition) is 1. The van der Waals surface area contributed by atoms with Crippen molar-refractivity contribution in [1.29, 1.82) is 0 Å². The number of carbonyl (C=O) groups excluding carboxylic acids is 1. The molecule has 0 spiro atoms. The number of aryl methyl sites for hydroxylation is 1. The van der Waals surface area contributed by atoms with E-state index >= 15 is 0 Å². The van der Waals surface area contributed by atoms with Crippen LogP contribution in [-0.4, -0.2) is 17.9 Å². The van der Waals surface area contributed by atoms with E-state index in [1.165, 1.54) is 12.1 Å². The number of aromatic nitrogens is 1. The lowest BCUT2D eigenvalue weighted by atomic mass is 10.1. The Morgan fingerprint density at radius 1 is 1.18 bits per heavy atom. The first-order valence-electron chi connectivity index (χ1n) is 7.10. The van der Waals surface area contributed by atoms with E-state index < -0.39 is 0 Å². The molecule has 0 aliphatic heterocycles. The molecular weight excluding hydrogens is 281 g/mol. The second-order valence-corrected chi connectivity index (χ2v) is 5.19. The Bertz CT molecular complexity index is 823. The maximum atomic E-state index is 13.2. The van der Waals surface area contributed by atoms with Crippen LogP contribution in [-0.2, 0) is 6.42 Å². The van der Waals surface area contributed by atoms with Gasteiger partial charge in [0.1, 0.15) is 11.6 Å². The smallest absolute Gasteiger partial charge is 0.179 e. The van der Waals surface area contributed by atoms with Gasteiger partial charge in [0.2, 0.25) is 0 Å². The number of H-pyrrole nitrogens is 1. The van der Waals surface area contributed by atoms with Crippen LogP contribution >= 0.6 is 0 Å². The van der Waals surface area contributed by atoms with Crippen molar-refractivity contribution in [3.63, 3.8) is 0 Å². The molecule has 0 fully saturated rings. The van der Waals surface area contributed by atoms with Gasteiger partial charge in [-0.1, -0.05) is 12.1 Å². The fraction of sp³-hybridized carbons (Fsp3) is 0.167. The highest BCUT2D eigenvalue weighted by Crippen LogP contribution is 2.19. The standard InChI is InChI=1S/C18H16FNO2/c1-22-15-4-2-3-12(9-15)5-8-18(21)17-11-13-10-14(19)6-7-16(13)20-17/h2-4,6-7,9-11,20H,5,8H2,1H3. The third-order valence-electron chi connectivity index (χ3n) is 3.66. The van der Waals surface area contributed by atoms with Crippen molar-refractivity contribution >= 4 is 16.7 Å². The fourth-order valence-electron chi connectivity index (χ4n) is 2.47. The number of nitrogens with one attached hydrogen (secondary N) is 1. The lowest BCUT2D eigenvalue weighted by Crippen LogP contribution is -2.01. The number of carbonyl (C=O) groups is 1. The zero-order valence-corrected chi connectivity index (χ0v) is 12.2. The number of rotatable bonds is 5. The van der Waals surface area contributed by atoms with E-state index in [0.717, 1.165) is 16.8 Å². The first kappa shape index (κ1) is 14.3. The zero-order chi connectivity index (χ0) is 15.5. The van der Waals surface area contributed by atoms with Gasteiger partial charge in [0.15, 0.2) is 5.78 Å². The Balaban J connectivity index is 1.72. The summed E-state index contributed by atoms with van der Waals surface area (Å²) in [7, 11) is 1.62. The van der Waals surface area contributed by atoms with Crippen molar-refractivity contribution in [3.05, 3.63) is 65.6 Å².